The molecule has 2 amide bonds. The summed E-state index contributed by atoms with van der Waals surface area (Å²) in [5.74, 6) is -2.55. The molecule has 0 atom stereocenters. The molecule has 2 rings (SSSR count). The van der Waals surface area contributed by atoms with Crippen molar-refractivity contribution in [3.8, 4) is 0 Å². The van der Waals surface area contributed by atoms with Crippen LogP contribution in [0.5, 0.6) is 0 Å². The fourth-order valence-electron chi connectivity index (χ4n) is 1.95. The summed E-state index contributed by atoms with van der Waals surface area (Å²) in [6.07, 6.45) is 1.49. The largest absolute Gasteiger partial charge is 0.341 e. The van der Waals surface area contributed by atoms with Crippen molar-refractivity contribution in [2.24, 2.45) is 5.92 Å². The highest BCUT2D eigenvalue weighted by atomic mass is 19.3. The van der Waals surface area contributed by atoms with Gasteiger partial charge in [0, 0.05) is 26.4 Å². The second-order valence-corrected chi connectivity index (χ2v) is 4.49. The number of amides is 2. The van der Waals surface area contributed by atoms with Gasteiger partial charge in [-0.3, -0.25) is 4.68 Å². The molecule has 0 unspecified atom stereocenters. The lowest BCUT2D eigenvalue weighted by atomic mass is 9.81. The van der Waals surface area contributed by atoms with Gasteiger partial charge in [-0.2, -0.15) is 0 Å². The Morgan fingerprint density at radius 2 is 2.33 bits per heavy atom. The molecule has 0 saturated heterocycles. The van der Waals surface area contributed by atoms with E-state index in [1.807, 2.05) is 0 Å². The highest BCUT2D eigenvalue weighted by Crippen LogP contribution is 2.42. The Kier molecular flexibility index (Phi) is 3.44. The molecule has 1 aromatic heterocycles. The molecule has 6 nitrogen and oxygen atoms in total. The van der Waals surface area contributed by atoms with Crippen molar-refractivity contribution in [1.29, 1.82) is 0 Å². The van der Waals surface area contributed by atoms with E-state index >= 15 is 0 Å². The van der Waals surface area contributed by atoms with Gasteiger partial charge in [0.2, 0.25) is 5.92 Å². The first-order valence-electron chi connectivity index (χ1n) is 5.71. The van der Waals surface area contributed by atoms with E-state index in [9.17, 15) is 13.6 Å². The quantitative estimate of drug-likeness (QED) is 0.838. The Balaban J connectivity index is 1.78. The van der Waals surface area contributed by atoms with Gasteiger partial charge in [-0.05, 0) is 5.92 Å². The number of urea groups is 1. The first-order valence-corrected chi connectivity index (χ1v) is 5.71. The molecule has 1 heterocycles. The van der Waals surface area contributed by atoms with Gasteiger partial charge >= 0.3 is 6.03 Å². The maximum Gasteiger partial charge on any atom is 0.314 e. The molecule has 1 aliphatic rings. The van der Waals surface area contributed by atoms with Crippen LogP contribution in [0.3, 0.4) is 0 Å². The second-order valence-electron chi connectivity index (χ2n) is 4.49. The molecule has 1 saturated carbocycles. The predicted molar refractivity (Wildman–Crippen MR) is 59.0 cm³/mol. The minimum Gasteiger partial charge on any atom is -0.341 e. The Labute approximate surface area is 103 Å². The Morgan fingerprint density at radius 1 is 1.61 bits per heavy atom. The van der Waals surface area contributed by atoms with Crippen LogP contribution >= 0.6 is 0 Å². The monoisotopic (exact) mass is 259 g/mol. The summed E-state index contributed by atoms with van der Waals surface area (Å²) >= 11 is 0. The first-order chi connectivity index (χ1) is 8.48. The zero-order valence-electron chi connectivity index (χ0n) is 9.99. The van der Waals surface area contributed by atoms with Gasteiger partial charge in [-0.25, -0.2) is 13.6 Å². The Hall–Kier alpha value is -1.73. The third-order valence-corrected chi connectivity index (χ3v) is 2.86. The zero-order valence-corrected chi connectivity index (χ0v) is 9.99. The molecule has 2 N–H and O–H groups in total. The van der Waals surface area contributed by atoms with Crippen LogP contribution in [0, 0.1) is 5.92 Å². The normalized spacial score (nSPS) is 18.2. The van der Waals surface area contributed by atoms with Crippen LogP contribution in [-0.4, -0.2) is 34.0 Å². The Bertz CT molecular complexity index is 426. The average Bonchev–Trinajstić information content (AvgIpc) is 2.71. The van der Waals surface area contributed by atoms with Gasteiger partial charge in [-0.15, -0.1) is 5.10 Å². The van der Waals surface area contributed by atoms with E-state index in [0.717, 1.165) is 0 Å². The summed E-state index contributed by atoms with van der Waals surface area (Å²) in [6.45, 7) is 0.711. The highest BCUT2D eigenvalue weighted by Gasteiger charge is 2.45. The van der Waals surface area contributed by atoms with Crippen LogP contribution in [0.15, 0.2) is 6.20 Å². The molecule has 1 fully saturated rings. The van der Waals surface area contributed by atoms with Crippen LogP contribution in [0.4, 0.5) is 13.6 Å². The summed E-state index contributed by atoms with van der Waals surface area (Å²) in [5.41, 5.74) is 0.602. The third kappa shape index (κ3) is 3.14. The molecule has 0 bridgehead atoms. The first kappa shape index (κ1) is 12.7. The van der Waals surface area contributed by atoms with Crippen molar-refractivity contribution >= 4 is 6.03 Å². The molecule has 100 valence electrons. The number of nitrogens with zero attached hydrogens (tertiary/aromatic N) is 3. The summed E-state index contributed by atoms with van der Waals surface area (Å²) in [5, 5.41) is 12.7. The van der Waals surface area contributed by atoms with Gasteiger partial charge in [-0.1, -0.05) is 5.21 Å². The summed E-state index contributed by atoms with van der Waals surface area (Å²) in [7, 11) is 1.52. The average molecular weight is 259 g/mol. The van der Waals surface area contributed by atoms with Crippen LogP contribution in [0.25, 0.3) is 0 Å². The summed E-state index contributed by atoms with van der Waals surface area (Å²) in [4.78, 5) is 10.9. The molecular formula is C10H15F2N5O. The van der Waals surface area contributed by atoms with Crippen molar-refractivity contribution in [1.82, 2.24) is 25.6 Å². The molecule has 0 aromatic carbocycles. The molecule has 0 radical (unpaired) electrons. The van der Waals surface area contributed by atoms with E-state index in [2.05, 4.69) is 20.9 Å². The molecule has 0 aliphatic heterocycles. The van der Waals surface area contributed by atoms with Crippen LogP contribution in [0.2, 0.25) is 0 Å². The van der Waals surface area contributed by atoms with Crippen molar-refractivity contribution in [2.75, 3.05) is 7.05 Å². The van der Waals surface area contributed by atoms with Crippen molar-refractivity contribution < 1.29 is 13.6 Å². The third-order valence-electron chi connectivity index (χ3n) is 2.86. The molecule has 18 heavy (non-hydrogen) atoms. The number of alkyl halides is 2. The van der Waals surface area contributed by atoms with Crippen molar-refractivity contribution in [3.05, 3.63) is 11.9 Å². The number of carbonyl (C=O) groups excluding carboxylic acids is 1. The number of halogens is 2. The van der Waals surface area contributed by atoms with E-state index in [4.69, 9.17) is 0 Å². The summed E-state index contributed by atoms with van der Waals surface area (Å²) in [6, 6.07) is -0.303. The van der Waals surface area contributed by atoms with Gasteiger partial charge in [0.1, 0.15) is 5.69 Å². The van der Waals surface area contributed by atoms with Gasteiger partial charge in [0.15, 0.2) is 0 Å². The smallest absolute Gasteiger partial charge is 0.314 e. The molecule has 1 aromatic rings. The molecule has 8 heteroatoms. The molecule has 0 spiro atoms. The number of hydrogen-bond acceptors (Lipinski definition) is 3. The van der Waals surface area contributed by atoms with E-state index in [1.165, 1.54) is 7.05 Å². The van der Waals surface area contributed by atoms with Gasteiger partial charge in [0.25, 0.3) is 0 Å². The predicted octanol–water partition coefficient (Wildman–Crippen LogP) is 0.752. The number of hydrogen-bond donors (Lipinski definition) is 2. The second kappa shape index (κ2) is 4.87. The van der Waals surface area contributed by atoms with Crippen molar-refractivity contribution in [3.63, 3.8) is 0 Å². The SMILES string of the molecule is CNC(=O)NCc1cn(CC2CC(F)(F)C2)nn1. The highest BCUT2D eigenvalue weighted by molar-refractivity contribution is 5.73. The van der Waals surface area contributed by atoms with Crippen LogP contribution in [0.1, 0.15) is 18.5 Å². The fourth-order valence-corrected chi connectivity index (χ4v) is 1.95. The number of nitrogens with one attached hydrogen (secondary N) is 2. The Morgan fingerprint density at radius 3 is 2.94 bits per heavy atom. The fraction of sp³-hybridized carbons (Fsp3) is 0.700. The topological polar surface area (TPSA) is 71.8 Å². The molecule has 1 aliphatic carbocycles. The van der Waals surface area contributed by atoms with Crippen LogP contribution < -0.4 is 10.6 Å². The standard InChI is InChI=1S/C10H15F2N5O/c1-13-9(18)14-4-8-6-17(16-15-8)5-7-2-10(11,12)3-7/h6-7H,2-5H2,1H3,(H2,13,14,18). The van der Waals surface area contributed by atoms with Gasteiger partial charge in [0.05, 0.1) is 12.7 Å². The maximum absolute atomic E-state index is 12.6. The minimum atomic E-state index is -2.51. The minimum absolute atomic E-state index is 0.0403. The van der Waals surface area contributed by atoms with E-state index in [-0.39, 0.29) is 31.3 Å². The lowest BCUT2D eigenvalue weighted by Gasteiger charge is -2.34. The number of aromatic nitrogens is 3. The number of carbonyl (C=O) groups is 1. The maximum atomic E-state index is 12.6. The van der Waals surface area contributed by atoms with Gasteiger partial charge < -0.3 is 10.6 Å². The molecular weight excluding hydrogens is 244 g/mol. The van der Waals surface area contributed by atoms with E-state index in [1.54, 1.807) is 10.9 Å². The number of rotatable bonds is 4. The summed E-state index contributed by atoms with van der Waals surface area (Å²) < 4.78 is 26.8. The lowest BCUT2D eigenvalue weighted by molar-refractivity contribution is -0.114. The zero-order chi connectivity index (χ0) is 13.2. The lowest BCUT2D eigenvalue weighted by Crippen LogP contribution is -2.37. The van der Waals surface area contributed by atoms with Crippen LogP contribution in [-0.2, 0) is 13.1 Å². The van der Waals surface area contributed by atoms with E-state index < -0.39 is 5.92 Å². The van der Waals surface area contributed by atoms with Crippen molar-refractivity contribution in [2.45, 2.75) is 31.9 Å². The van der Waals surface area contributed by atoms with E-state index in [0.29, 0.717) is 12.2 Å².